The Balaban J connectivity index is 1.48. The van der Waals surface area contributed by atoms with Crippen molar-refractivity contribution in [2.75, 3.05) is 13.1 Å². The monoisotopic (exact) mass is 369 g/mol. The molecule has 1 saturated heterocycles. The van der Waals surface area contributed by atoms with Crippen LogP contribution in [0.3, 0.4) is 0 Å². The summed E-state index contributed by atoms with van der Waals surface area (Å²) < 4.78 is 1.42. The van der Waals surface area contributed by atoms with E-state index in [9.17, 15) is 14.7 Å². The number of hydrogen-bond acceptors (Lipinski definition) is 5. The van der Waals surface area contributed by atoms with Crippen molar-refractivity contribution in [2.24, 2.45) is 5.92 Å². The number of aliphatic hydroxyl groups excluding tert-OH is 1. The Morgan fingerprint density at radius 1 is 1.35 bits per heavy atom. The van der Waals surface area contributed by atoms with Crippen LogP contribution in [-0.4, -0.2) is 38.4 Å². The van der Waals surface area contributed by atoms with Crippen LogP contribution < -0.4 is 5.56 Å². The Kier molecular flexibility index (Phi) is 4.57. The number of likely N-dealkylation sites (tertiary alicyclic amines) is 1. The van der Waals surface area contributed by atoms with Crippen LogP contribution in [0, 0.1) is 5.92 Å². The number of carbonyl (C=O) groups is 1. The molecule has 2 aromatic heterocycles. The molecule has 0 saturated carbocycles. The highest BCUT2D eigenvalue weighted by atomic mass is 32.1. The standard InChI is InChI=1S/C19H19N3O3S/c23-12-15-3-1-2-13(9-15)8-14-4-5-21(11-14)17(24)16-10-20-19-22(18(16)25)6-7-26-19/h1-3,6-7,9-10,14,23H,4-5,8,11-12H2. The molecule has 134 valence electrons. The molecule has 3 aromatic rings. The fraction of sp³-hybridized carbons (Fsp3) is 0.316. The minimum Gasteiger partial charge on any atom is -0.392 e. The summed E-state index contributed by atoms with van der Waals surface area (Å²) in [6.07, 6.45) is 4.81. The Morgan fingerprint density at radius 2 is 2.19 bits per heavy atom. The van der Waals surface area contributed by atoms with Gasteiger partial charge in [0.2, 0.25) is 0 Å². The molecular formula is C19H19N3O3S. The van der Waals surface area contributed by atoms with Crippen LogP contribution in [0.4, 0.5) is 0 Å². The van der Waals surface area contributed by atoms with Crippen molar-refractivity contribution in [3.63, 3.8) is 0 Å². The van der Waals surface area contributed by atoms with Gasteiger partial charge in [0.1, 0.15) is 5.56 Å². The number of benzene rings is 1. The summed E-state index contributed by atoms with van der Waals surface area (Å²) in [4.78, 5) is 31.8. The van der Waals surface area contributed by atoms with Crippen LogP contribution in [0.25, 0.3) is 4.96 Å². The van der Waals surface area contributed by atoms with E-state index in [0.717, 1.165) is 24.0 Å². The van der Waals surface area contributed by atoms with Gasteiger partial charge in [-0.2, -0.15) is 0 Å². The molecule has 1 N–H and O–H groups in total. The SMILES string of the molecule is O=C(c1cnc2sccn2c1=O)N1CCC(Cc2cccc(CO)c2)C1. The lowest BCUT2D eigenvalue weighted by molar-refractivity contribution is 0.0784. The third-order valence-corrected chi connectivity index (χ3v) is 5.62. The minimum absolute atomic E-state index is 0.0329. The Bertz CT molecular complexity index is 1010. The van der Waals surface area contributed by atoms with Gasteiger partial charge in [-0.1, -0.05) is 24.3 Å². The molecule has 26 heavy (non-hydrogen) atoms. The second-order valence-electron chi connectivity index (χ2n) is 6.62. The van der Waals surface area contributed by atoms with E-state index >= 15 is 0 Å². The van der Waals surface area contributed by atoms with E-state index in [0.29, 0.717) is 24.0 Å². The zero-order chi connectivity index (χ0) is 18.1. The maximum Gasteiger partial charge on any atom is 0.271 e. The third-order valence-electron chi connectivity index (χ3n) is 4.84. The largest absolute Gasteiger partial charge is 0.392 e. The van der Waals surface area contributed by atoms with Gasteiger partial charge in [-0.25, -0.2) is 4.98 Å². The van der Waals surface area contributed by atoms with Gasteiger partial charge in [0.15, 0.2) is 4.96 Å². The van der Waals surface area contributed by atoms with Crippen LogP contribution in [0.5, 0.6) is 0 Å². The number of fused-ring (bicyclic) bond motifs is 1. The molecule has 6 nitrogen and oxygen atoms in total. The fourth-order valence-corrected chi connectivity index (χ4v) is 4.19. The molecule has 4 rings (SSSR count). The smallest absolute Gasteiger partial charge is 0.271 e. The summed E-state index contributed by atoms with van der Waals surface area (Å²) in [6.45, 7) is 1.31. The second kappa shape index (κ2) is 7.01. The van der Waals surface area contributed by atoms with Crippen molar-refractivity contribution < 1.29 is 9.90 Å². The number of hydrogen-bond donors (Lipinski definition) is 1. The molecule has 1 aliphatic heterocycles. The van der Waals surface area contributed by atoms with Crippen LogP contribution in [0.2, 0.25) is 0 Å². The molecule has 1 aliphatic rings. The zero-order valence-corrected chi connectivity index (χ0v) is 15.0. The Labute approximate surface area is 154 Å². The molecule has 1 aromatic carbocycles. The molecule has 0 spiro atoms. The van der Waals surface area contributed by atoms with Gasteiger partial charge in [-0.3, -0.25) is 14.0 Å². The van der Waals surface area contributed by atoms with Gasteiger partial charge < -0.3 is 10.0 Å². The van der Waals surface area contributed by atoms with Crippen molar-refractivity contribution in [3.05, 3.63) is 69.1 Å². The van der Waals surface area contributed by atoms with Crippen molar-refractivity contribution in [3.8, 4) is 0 Å². The van der Waals surface area contributed by atoms with Crippen LogP contribution >= 0.6 is 11.3 Å². The highest BCUT2D eigenvalue weighted by molar-refractivity contribution is 7.15. The van der Waals surface area contributed by atoms with Gasteiger partial charge >= 0.3 is 0 Å². The first-order valence-electron chi connectivity index (χ1n) is 8.58. The van der Waals surface area contributed by atoms with Crippen molar-refractivity contribution >= 4 is 22.2 Å². The molecule has 1 atom stereocenters. The molecule has 1 fully saturated rings. The van der Waals surface area contributed by atoms with Gasteiger partial charge in [-0.05, 0) is 29.9 Å². The van der Waals surface area contributed by atoms with Gasteiger partial charge in [0.05, 0.1) is 6.61 Å². The molecule has 1 amide bonds. The summed E-state index contributed by atoms with van der Waals surface area (Å²) in [5, 5.41) is 11.0. The lowest BCUT2D eigenvalue weighted by Crippen LogP contribution is -2.34. The first-order chi connectivity index (χ1) is 12.7. The first kappa shape index (κ1) is 16.9. The van der Waals surface area contributed by atoms with Gasteiger partial charge in [-0.15, -0.1) is 11.3 Å². The number of carbonyl (C=O) groups excluding carboxylic acids is 1. The van der Waals surface area contributed by atoms with E-state index < -0.39 is 0 Å². The quantitative estimate of drug-likeness (QED) is 0.763. The molecule has 0 radical (unpaired) electrons. The van der Waals surface area contributed by atoms with Crippen LogP contribution in [0.1, 0.15) is 27.9 Å². The van der Waals surface area contributed by atoms with E-state index in [2.05, 4.69) is 4.98 Å². The lowest BCUT2D eigenvalue weighted by Gasteiger charge is -2.16. The number of amides is 1. The predicted molar refractivity (Wildman–Crippen MR) is 99.4 cm³/mol. The normalized spacial score (nSPS) is 17.1. The van der Waals surface area contributed by atoms with E-state index in [1.54, 1.807) is 16.5 Å². The molecule has 0 aliphatic carbocycles. The molecule has 7 heteroatoms. The second-order valence-corrected chi connectivity index (χ2v) is 7.49. The van der Waals surface area contributed by atoms with Crippen molar-refractivity contribution in [1.82, 2.24) is 14.3 Å². The fourth-order valence-electron chi connectivity index (χ4n) is 3.51. The molecule has 3 heterocycles. The summed E-state index contributed by atoms with van der Waals surface area (Å²) >= 11 is 1.37. The van der Waals surface area contributed by atoms with Crippen LogP contribution in [0.15, 0.2) is 46.8 Å². The minimum atomic E-state index is -0.305. The average molecular weight is 369 g/mol. The zero-order valence-electron chi connectivity index (χ0n) is 14.2. The summed E-state index contributed by atoms with van der Waals surface area (Å²) in [5.41, 5.74) is 1.89. The van der Waals surface area contributed by atoms with Crippen LogP contribution in [-0.2, 0) is 13.0 Å². The number of thiazole rings is 1. The number of aromatic nitrogens is 2. The first-order valence-corrected chi connectivity index (χ1v) is 9.46. The third kappa shape index (κ3) is 3.15. The highest BCUT2D eigenvalue weighted by Gasteiger charge is 2.29. The lowest BCUT2D eigenvalue weighted by atomic mass is 9.97. The van der Waals surface area contributed by atoms with E-state index in [1.807, 2.05) is 24.3 Å². The highest BCUT2D eigenvalue weighted by Crippen LogP contribution is 2.22. The van der Waals surface area contributed by atoms with E-state index in [4.69, 9.17) is 0 Å². The average Bonchev–Trinajstić information content (AvgIpc) is 3.31. The maximum absolute atomic E-state index is 12.8. The topological polar surface area (TPSA) is 74.9 Å². The Morgan fingerprint density at radius 3 is 3.04 bits per heavy atom. The molecule has 1 unspecified atom stereocenters. The summed E-state index contributed by atoms with van der Waals surface area (Å²) in [5.74, 6) is 0.114. The van der Waals surface area contributed by atoms with Gasteiger partial charge in [0, 0.05) is 30.9 Å². The maximum atomic E-state index is 12.8. The summed E-state index contributed by atoms with van der Waals surface area (Å²) in [6, 6.07) is 7.90. The number of aliphatic hydroxyl groups is 1. The van der Waals surface area contributed by atoms with Crippen molar-refractivity contribution in [2.45, 2.75) is 19.4 Å². The summed E-state index contributed by atoms with van der Waals surface area (Å²) in [7, 11) is 0. The molecular weight excluding hydrogens is 350 g/mol. The molecule has 0 bridgehead atoms. The number of nitrogens with zero attached hydrogens (tertiary/aromatic N) is 3. The Hall–Kier alpha value is -2.51. The van der Waals surface area contributed by atoms with E-state index in [1.165, 1.54) is 21.9 Å². The predicted octanol–water partition coefficient (Wildman–Crippen LogP) is 1.95. The van der Waals surface area contributed by atoms with Gasteiger partial charge in [0.25, 0.3) is 11.5 Å². The number of rotatable bonds is 4. The van der Waals surface area contributed by atoms with E-state index in [-0.39, 0.29) is 23.6 Å². The van der Waals surface area contributed by atoms with Crippen molar-refractivity contribution in [1.29, 1.82) is 0 Å².